The van der Waals surface area contributed by atoms with Crippen LogP contribution in [0.3, 0.4) is 0 Å². The van der Waals surface area contributed by atoms with E-state index in [0.717, 1.165) is 31.9 Å². The monoisotopic (exact) mass is 222 g/mol. The van der Waals surface area contributed by atoms with Gasteiger partial charge < -0.3 is 5.53 Å². The summed E-state index contributed by atoms with van der Waals surface area (Å²) in [6, 6.07) is 0. The van der Waals surface area contributed by atoms with E-state index < -0.39 is 5.41 Å². The maximum atomic E-state index is 11.7. The van der Waals surface area contributed by atoms with E-state index >= 15 is 0 Å². The van der Waals surface area contributed by atoms with E-state index in [-0.39, 0.29) is 17.5 Å². The van der Waals surface area contributed by atoms with Gasteiger partial charge in [0.15, 0.2) is 0 Å². The van der Waals surface area contributed by atoms with Crippen LogP contribution in [0, 0.1) is 11.3 Å². The van der Waals surface area contributed by atoms with Gasteiger partial charge >= 0.3 is 6.21 Å². The van der Waals surface area contributed by atoms with E-state index in [9.17, 15) is 9.59 Å². The van der Waals surface area contributed by atoms with Crippen LogP contribution in [0.15, 0.2) is 0 Å². The Labute approximate surface area is 95.7 Å². The molecule has 0 heterocycles. The van der Waals surface area contributed by atoms with Crippen LogP contribution in [0.25, 0.3) is 5.53 Å². The van der Waals surface area contributed by atoms with Crippen LogP contribution in [-0.4, -0.2) is 22.6 Å². The summed E-state index contributed by atoms with van der Waals surface area (Å²) in [5.74, 6) is -0.274. The lowest BCUT2D eigenvalue weighted by molar-refractivity contribution is -0.153. The number of unbranched alkanes of at least 4 members (excludes halogenated alkanes) is 2. The van der Waals surface area contributed by atoms with Crippen LogP contribution in [0.4, 0.5) is 0 Å². The quantitative estimate of drug-likeness (QED) is 0.227. The van der Waals surface area contributed by atoms with Crippen LogP contribution >= 0.6 is 0 Å². The van der Waals surface area contributed by atoms with Crippen molar-refractivity contribution in [3.8, 4) is 0 Å². The highest BCUT2D eigenvalue weighted by atomic mass is 16.2. The first-order valence-electron chi connectivity index (χ1n) is 5.82. The smallest absolute Gasteiger partial charge is 0.324 e. The predicted molar refractivity (Wildman–Crippen MR) is 60.1 cm³/mol. The Balaban J connectivity index is 2.64. The van der Waals surface area contributed by atoms with Crippen LogP contribution in [0.1, 0.15) is 46.0 Å². The van der Waals surface area contributed by atoms with E-state index in [2.05, 4.69) is 11.7 Å². The molecule has 16 heavy (non-hydrogen) atoms. The van der Waals surface area contributed by atoms with E-state index in [4.69, 9.17) is 5.53 Å². The second kappa shape index (κ2) is 5.17. The summed E-state index contributed by atoms with van der Waals surface area (Å²) >= 11 is 0. The fourth-order valence-electron chi connectivity index (χ4n) is 2.29. The molecule has 0 radical (unpaired) electrons. The van der Waals surface area contributed by atoms with Crippen molar-refractivity contribution < 1.29 is 14.4 Å². The molecule has 1 aliphatic rings. The Morgan fingerprint density at radius 1 is 1.62 bits per heavy atom. The van der Waals surface area contributed by atoms with Gasteiger partial charge in [-0.1, -0.05) is 26.2 Å². The second-order valence-corrected chi connectivity index (χ2v) is 4.63. The van der Waals surface area contributed by atoms with Crippen molar-refractivity contribution in [2.75, 3.05) is 0 Å². The number of rotatable bonds is 6. The highest BCUT2D eigenvalue weighted by molar-refractivity contribution is 6.35. The number of hydrogen-bond acceptors (Lipinski definition) is 2. The number of nitrogens with zero attached hydrogens (tertiary/aromatic N) is 2. The number of Topliss-reactive ketones (excluding diaryl/α,β-unsaturated/α-hetero) is 2. The first kappa shape index (κ1) is 12.8. The summed E-state index contributed by atoms with van der Waals surface area (Å²) < 4.78 is 0. The van der Waals surface area contributed by atoms with E-state index in [1.807, 2.05) is 0 Å². The van der Waals surface area contributed by atoms with Crippen LogP contribution < -0.4 is 0 Å². The Hall–Kier alpha value is -1.28. The summed E-state index contributed by atoms with van der Waals surface area (Å²) in [7, 11) is 0. The summed E-state index contributed by atoms with van der Waals surface area (Å²) in [4.78, 5) is 25.9. The van der Waals surface area contributed by atoms with Gasteiger partial charge in [0, 0.05) is 6.42 Å². The molecule has 0 aliphatic heterocycles. The van der Waals surface area contributed by atoms with Crippen molar-refractivity contribution in [1.82, 2.24) is 0 Å². The van der Waals surface area contributed by atoms with Gasteiger partial charge in [-0.2, -0.15) is 4.79 Å². The minimum atomic E-state index is -0.931. The molecule has 1 rings (SSSR count). The van der Waals surface area contributed by atoms with E-state index in [1.54, 1.807) is 6.92 Å². The van der Waals surface area contributed by atoms with Crippen LogP contribution in [0.2, 0.25) is 0 Å². The van der Waals surface area contributed by atoms with Gasteiger partial charge in [-0.05, 0) is 19.3 Å². The van der Waals surface area contributed by atoms with Gasteiger partial charge in [-0.25, -0.2) is 0 Å². The molecule has 0 aromatic rings. The Morgan fingerprint density at radius 3 is 2.81 bits per heavy atom. The maximum absolute atomic E-state index is 11.7. The largest absolute Gasteiger partial charge is 0.361 e. The molecular weight excluding hydrogens is 204 g/mol. The molecule has 0 aromatic carbocycles. The number of hydrogen-bond donors (Lipinski definition) is 0. The lowest BCUT2D eigenvalue weighted by Gasteiger charge is -2.42. The molecule has 2 atom stereocenters. The molecule has 0 amide bonds. The molecule has 1 fully saturated rings. The first-order valence-corrected chi connectivity index (χ1v) is 5.82. The molecule has 1 saturated carbocycles. The fourth-order valence-corrected chi connectivity index (χ4v) is 2.29. The number of carbonyl (C=O) groups excluding carboxylic acids is 2. The zero-order chi connectivity index (χ0) is 12.2. The van der Waals surface area contributed by atoms with Gasteiger partial charge in [0.2, 0.25) is 5.78 Å². The van der Waals surface area contributed by atoms with Gasteiger partial charge in [0.1, 0.15) is 5.78 Å². The molecule has 0 N–H and O–H groups in total. The molecule has 0 unspecified atom stereocenters. The predicted octanol–water partition coefficient (Wildman–Crippen LogP) is 2.03. The maximum Gasteiger partial charge on any atom is 0.324 e. The summed E-state index contributed by atoms with van der Waals surface area (Å²) in [5, 5.41) is 0. The summed E-state index contributed by atoms with van der Waals surface area (Å²) in [6.07, 6.45) is 5.55. The molecule has 4 nitrogen and oxygen atoms in total. The topological polar surface area (TPSA) is 70.5 Å². The van der Waals surface area contributed by atoms with Crippen molar-refractivity contribution in [3.63, 3.8) is 0 Å². The van der Waals surface area contributed by atoms with Crippen LogP contribution in [-0.2, 0) is 9.59 Å². The highest BCUT2D eigenvalue weighted by Gasteiger charge is 2.56. The second-order valence-electron chi connectivity index (χ2n) is 4.63. The van der Waals surface area contributed by atoms with Crippen molar-refractivity contribution in [1.29, 1.82) is 0 Å². The third-order valence-electron chi connectivity index (χ3n) is 3.67. The Morgan fingerprint density at radius 2 is 2.31 bits per heavy atom. The number of carbonyl (C=O) groups is 2. The minimum absolute atomic E-state index is 0.0288. The summed E-state index contributed by atoms with van der Waals surface area (Å²) in [6.45, 7) is 3.79. The van der Waals surface area contributed by atoms with Crippen molar-refractivity contribution in [2.24, 2.45) is 11.3 Å². The average molecular weight is 222 g/mol. The van der Waals surface area contributed by atoms with Gasteiger partial charge in [0.25, 0.3) is 0 Å². The van der Waals surface area contributed by atoms with Crippen molar-refractivity contribution >= 4 is 17.8 Å². The van der Waals surface area contributed by atoms with Gasteiger partial charge in [0.05, 0.1) is 5.41 Å². The third-order valence-corrected chi connectivity index (χ3v) is 3.67. The van der Waals surface area contributed by atoms with Crippen LogP contribution in [0.5, 0.6) is 0 Å². The SMILES string of the molecule is CCCCC[C@H]1CC(=O)[C@]1(C)C(=O)C=[N+]=[N-]. The zero-order valence-electron chi connectivity index (χ0n) is 9.90. The number of ketones is 2. The van der Waals surface area contributed by atoms with Crippen molar-refractivity contribution in [2.45, 2.75) is 46.0 Å². The standard InChI is InChI=1S/C12H18N2O2/c1-3-4-5-6-9-7-10(15)12(9,2)11(16)8-14-13/h8-9H,3-7H2,1-2H3/t9-,12+/m0/s1. The molecule has 4 heteroatoms. The molecule has 0 saturated heterocycles. The molecule has 88 valence electrons. The molecule has 1 aliphatic carbocycles. The third kappa shape index (κ3) is 2.12. The molecule has 0 spiro atoms. The zero-order valence-corrected chi connectivity index (χ0v) is 9.90. The van der Waals surface area contributed by atoms with Gasteiger partial charge in [-0.3, -0.25) is 9.59 Å². The highest BCUT2D eigenvalue weighted by Crippen LogP contribution is 2.46. The Bertz CT molecular complexity index is 345. The fraction of sp³-hybridized carbons (Fsp3) is 0.750. The van der Waals surface area contributed by atoms with Gasteiger partial charge in [-0.15, -0.1) is 0 Å². The lowest BCUT2D eigenvalue weighted by atomic mass is 9.56. The first-order chi connectivity index (χ1) is 7.57. The molecule has 0 aromatic heterocycles. The summed E-state index contributed by atoms with van der Waals surface area (Å²) in [5.41, 5.74) is 7.41. The Kier molecular flexibility index (Phi) is 4.13. The van der Waals surface area contributed by atoms with Crippen molar-refractivity contribution in [3.05, 3.63) is 5.53 Å². The molecule has 0 bridgehead atoms. The minimum Gasteiger partial charge on any atom is -0.361 e. The lowest BCUT2D eigenvalue weighted by Crippen LogP contribution is -2.53. The average Bonchev–Trinajstić information content (AvgIpc) is 2.27. The molecular formula is C12H18N2O2. The normalized spacial score (nSPS) is 28.1. The van der Waals surface area contributed by atoms with E-state index in [0.29, 0.717) is 6.42 Å². The van der Waals surface area contributed by atoms with E-state index in [1.165, 1.54) is 0 Å².